The van der Waals surface area contributed by atoms with E-state index < -0.39 is 10.0 Å². The molecule has 20 heavy (non-hydrogen) atoms. The van der Waals surface area contributed by atoms with Gasteiger partial charge in [-0.1, -0.05) is 0 Å². The fourth-order valence-corrected chi connectivity index (χ4v) is 3.05. The molecule has 108 valence electrons. The maximum atomic E-state index is 12.0. The lowest BCUT2D eigenvalue weighted by Gasteiger charge is -2.08. The SMILES string of the molecule is O=S(=O)(Nc1cnn(CC2CCCO2)c1)c1cnc[nH]1. The molecule has 1 atom stereocenters. The third kappa shape index (κ3) is 2.83. The van der Waals surface area contributed by atoms with Gasteiger partial charge in [0, 0.05) is 12.8 Å². The highest BCUT2D eigenvalue weighted by atomic mass is 32.2. The van der Waals surface area contributed by atoms with E-state index in [1.165, 1.54) is 18.7 Å². The van der Waals surface area contributed by atoms with Crippen LogP contribution in [0.5, 0.6) is 0 Å². The molecule has 9 heteroatoms. The van der Waals surface area contributed by atoms with Crippen molar-refractivity contribution in [1.82, 2.24) is 19.7 Å². The number of nitrogens with zero attached hydrogens (tertiary/aromatic N) is 3. The summed E-state index contributed by atoms with van der Waals surface area (Å²) in [5.74, 6) is 0. The Labute approximate surface area is 116 Å². The van der Waals surface area contributed by atoms with E-state index in [1.807, 2.05) is 0 Å². The number of sulfonamides is 1. The molecule has 0 bridgehead atoms. The highest BCUT2D eigenvalue weighted by Crippen LogP contribution is 2.16. The summed E-state index contributed by atoms with van der Waals surface area (Å²) in [6.07, 6.45) is 7.92. The first kappa shape index (κ1) is 13.1. The van der Waals surface area contributed by atoms with Crippen molar-refractivity contribution >= 4 is 15.7 Å². The Kier molecular flexibility index (Phi) is 3.45. The van der Waals surface area contributed by atoms with Crippen molar-refractivity contribution in [2.75, 3.05) is 11.3 Å². The third-order valence-corrected chi connectivity index (χ3v) is 4.37. The van der Waals surface area contributed by atoms with Crippen LogP contribution in [0.3, 0.4) is 0 Å². The van der Waals surface area contributed by atoms with E-state index in [9.17, 15) is 8.42 Å². The largest absolute Gasteiger partial charge is 0.376 e. The first-order chi connectivity index (χ1) is 9.63. The Bertz CT molecular complexity index is 658. The van der Waals surface area contributed by atoms with Crippen molar-refractivity contribution in [2.45, 2.75) is 30.5 Å². The van der Waals surface area contributed by atoms with E-state index in [0.29, 0.717) is 12.2 Å². The average Bonchev–Trinajstić information content (AvgIpc) is 3.10. The van der Waals surface area contributed by atoms with Crippen LogP contribution in [0.25, 0.3) is 0 Å². The molecule has 2 aromatic rings. The number of ether oxygens (including phenoxy) is 1. The molecular formula is C11H15N5O3S. The smallest absolute Gasteiger partial charge is 0.279 e. The van der Waals surface area contributed by atoms with Gasteiger partial charge in [0.25, 0.3) is 10.0 Å². The van der Waals surface area contributed by atoms with E-state index in [4.69, 9.17) is 4.74 Å². The van der Waals surface area contributed by atoms with E-state index in [1.54, 1.807) is 10.9 Å². The minimum atomic E-state index is -3.64. The summed E-state index contributed by atoms with van der Waals surface area (Å²) < 4.78 is 33.6. The van der Waals surface area contributed by atoms with Crippen LogP contribution < -0.4 is 4.72 Å². The summed E-state index contributed by atoms with van der Waals surface area (Å²) in [7, 11) is -3.64. The first-order valence-corrected chi connectivity index (χ1v) is 7.77. The Morgan fingerprint density at radius 1 is 1.50 bits per heavy atom. The summed E-state index contributed by atoms with van der Waals surface area (Å²) in [4.78, 5) is 6.25. The van der Waals surface area contributed by atoms with Crippen LogP contribution in [0, 0.1) is 0 Å². The standard InChI is InChI=1S/C11H15N5O3S/c17-20(18,11-5-12-8-13-11)15-9-4-14-16(6-9)7-10-2-1-3-19-10/h4-6,8,10,15H,1-3,7H2,(H,12,13). The van der Waals surface area contributed by atoms with Gasteiger partial charge in [-0.15, -0.1) is 0 Å². The van der Waals surface area contributed by atoms with Gasteiger partial charge in [0.1, 0.15) is 0 Å². The number of hydrogen-bond acceptors (Lipinski definition) is 5. The summed E-state index contributed by atoms with van der Waals surface area (Å²) in [6, 6.07) is 0. The van der Waals surface area contributed by atoms with Crippen LogP contribution in [-0.2, 0) is 21.3 Å². The van der Waals surface area contributed by atoms with Crippen molar-refractivity contribution in [1.29, 1.82) is 0 Å². The Morgan fingerprint density at radius 2 is 2.40 bits per heavy atom. The van der Waals surface area contributed by atoms with E-state index in [-0.39, 0.29) is 11.1 Å². The van der Waals surface area contributed by atoms with Crippen LogP contribution in [0.15, 0.2) is 29.9 Å². The van der Waals surface area contributed by atoms with Gasteiger partial charge in [0.05, 0.1) is 37.1 Å². The molecule has 0 aromatic carbocycles. The quantitative estimate of drug-likeness (QED) is 0.840. The van der Waals surface area contributed by atoms with Crippen LogP contribution in [0.4, 0.5) is 5.69 Å². The van der Waals surface area contributed by atoms with Gasteiger partial charge >= 0.3 is 0 Å². The average molecular weight is 297 g/mol. The lowest BCUT2D eigenvalue weighted by Crippen LogP contribution is -2.15. The molecule has 1 aliphatic rings. The molecule has 1 saturated heterocycles. The second kappa shape index (κ2) is 5.25. The van der Waals surface area contributed by atoms with Gasteiger partial charge in [-0.25, -0.2) is 4.98 Å². The van der Waals surface area contributed by atoms with E-state index in [0.717, 1.165) is 19.4 Å². The van der Waals surface area contributed by atoms with Crippen molar-refractivity contribution in [3.8, 4) is 0 Å². The molecule has 1 fully saturated rings. The predicted molar refractivity (Wildman–Crippen MR) is 70.6 cm³/mol. The topological polar surface area (TPSA) is 102 Å². The number of aromatic amines is 1. The zero-order chi connectivity index (χ0) is 14.0. The molecule has 3 rings (SSSR count). The molecule has 2 N–H and O–H groups in total. The van der Waals surface area contributed by atoms with E-state index in [2.05, 4.69) is 19.8 Å². The summed E-state index contributed by atoms with van der Waals surface area (Å²) in [6.45, 7) is 1.41. The minimum absolute atomic E-state index is 0.0179. The van der Waals surface area contributed by atoms with Crippen LogP contribution in [0.2, 0.25) is 0 Å². The predicted octanol–water partition coefficient (Wildman–Crippen LogP) is 0.586. The molecular weight excluding hydrogens is 282 g/mol. The normalized spacial score (nSPS) is 19.3. The van der Waals surface area contributed by atoms with Crippen molar-refractivity contribution < 1.29 is 13.2 Å². The van der Waals surface area contributed by atoms with Gasteiger partial charge in [0.15, 0.2) is 5.03 Å². The fourth-order valence-electron chi connectivity index (χ4n) is 2.11. The fraction of sp³-hybridized carbons (Fsp3) is 0.455. The maximum absolute atomic E-state index is 12.0. The molecule has 0 aliphatic carbocycles. The number of nitrogens with one attached hydrogen (secondary N) is 2. The lowest BCUT2D eigenvalue weighted by atomic mass is 10.2. The van der Waals surface area contributed by atoms with Crippen molar-refractivity contribution in [2.24, 2.45) is 0 Å². The van der Waals surface area contributed by atoms with Crippen LogP contribution >= 0.6 is 0 Å². The Morgan fingerprint density at radius 3 is 3.10 bits per heavy atom. The Balaban J connectivity index is 1.68. The summed E-state index contributed by atoms with van der Waals surface area (Å²) >= 11 is 0. The van der Waals surface area contributed by atoms with Gasteiger partial charge in [0.2, 0.25) is 0 Å². The monoisotopic (exact) mass is 297 g/mol. The van der Waals surface area contributed by atoms with E-state index >= 15 is 0 Å². The maximum Gasteiger partial charge on any atom is 0.279 e. The molecule has 0 radical (unpaired) electrons. The van der Waals surface area contributed by atoms with Gasteiger partial charge in [-0.2, -0.15) is 13.5 Å². The van der Waals surface area contributed by atoms with Crippen molar-refractivity contribution in [3.05, 3.63) is 24.9 Å². The molecule has 0 saturated carbocycles. The second-order valence-corrected chi connectivity index (χ2v) is 6.26. The van der Waals surface area contributed by atoms with Gasteiger partial charge in [-0.05, 0) is 12.8 Å². The summed E-state index contributed by atoms with van der Waals surface area (Å²) in [5.41, 5.74) is 0.414. The zero-order valence-corrected chi connectivity index (χ0v) is 11.5. The molecule has 1 unspecified atom stereocenters. The number of anilines is 1. The van der Waals surface area contributed by atoms with Crippen LogP contribution in [0.1, 0.15) is 12.8 Å². The van der Waals surface area contributed by atoms with Gasteiger partial charge in [-0.3, -0.25) is 9.40 Å². The number of imidazole rings is 1. The molecule has 1 aliphatic heterocycles. The molecule has 0 spiro atoms. The summed E-state index contributed by atoms with van der Waals surface area (Å²) in [5, 5.41) is 4.15. The lowest BCUT2D eigenvalue weighted by molar-refractivity contribution is 0.0940. The van der Waals surface area contributed by atoms with Crippen molar-refractivity contribution in [3.63, 3.8) is 0 Å². The van der Waals surface area contributed by atoms with Gasteiger partial charge < -0.3 is 9.72 Å². The number of H-pyrrole nitrogens is 1. The second-order valence-electron chi connectivity index (χ2n) is 4.61. The molecule has 0 amide bonds. The third-order valence-electron chi connectivity index (χ3n) is 3.06. The van der Waals surface area contributed by atoms with Crippen LogP contribution in [-0.4, -0.2) is 40.9 Å². The Hall–Kier alpha value is -1.87. The minimum Gasteiger partial charge on any atom is -0.376 e. The number of rotatable bonds is 5. The number of hydrogen-bond donors (Lipinski definition) is 2. The first-order valence-electron chi connectivity index (χ1n) is 6.29. The highest BCUT2D eigenvalue weighted by Gasteiger charge is 2.18. The zero-order valence-electron chi connectivity index (χ0n) is 10.7. The molecule has 2 aromatic heterocycles. The molecule has 8 nitrogen and oxygen atoms in total. The number of aromatic nitrogens is 4. The molecule has 3 heterocycles. The highest BCUT2D eigenvalue weighted by molar-refractivity contribution is 7.92.